The summed E-state index contributed by atoms with van der Waals surface area (Å²) < 4.78 is 6.15. The Morgan fingerprint density at radius 2 is 1.05 bits per heavy atom. The van der Waals surface area contributed by atoms with Gasteiger partial charge < -0.3 is 20.7 Å². The number of anilines is 3. The van der Waals surface area contributed by atoms with Gasteiger partial charge in [-0.1, -0.05) is 127 Å². The summed E-state index contributed by atoms with van der Waals surface area (Å²) in [7, 11) is 0. The van der Waals surface area contributed by atoms with E-state index in [1.165, 1.54) is 27.8 Å². The highest BCUT2D eigenvalue weighted by atomic mass is 16.5. The Kier molecular flexibility index (Phi) is 5.63. The van der Waals surface area contributed by atoms with E-state index < -0.39 is 0 Å². The van der Waals surface area contributed by atoms with Crippen molar-refractivity contribution in [3.8, 4) is 16.9 Å². The van der Waals surface area contributed by atoms with E-state index in [4.69, 9.17) is 4.74 Å². The Bertz CT molecular complexity index is 1790. The summed E-state index contributed by atoms with van der Waals surface area (Å²) >= 11 is 0. The number of hydrogen-bond acceptors (Lipinski definition) is 4. The van der Waals surface area contributed by atoms with Crippen LogP contribution in [0.25, 0.3) is 23.3 Å². The second kappa shape index (κ2) is 9.76. The molecule has 0 bridgehead atoms. The molecule has 41 heavy (non-hydrogen) atoms. The zero-order valence-corrected chi connectivity index (χ0v) is 22.4. The smallest absolute Gasteiger partial charge is 0.196 e. The van der Waals surface area contributed by atoms with Gasteiger partial charge in [-0.15, -0.1) is 0 Å². The van der Waals surface area contributed by atoms with E-state index in [1.54, 1.807) is 0 Å². The molecular formula is C37H29N3O. The number of hydrogen-bond donors (Lipinski definition) is 3. The van der Waals surface area contributed by atoms with Gasteiger partial charge in [-0.3, -0.25) is 0 Å². The van der Waals surface area contributed by atoms with Crippen molar-refractivity contribution in [1.29, 1.82) is 0 Å². The molecule has 0 fully saturated rings. The summed E-state index contributed by atoms with van der Waals surface area (Å²) in [5.74, 6) is 0.885. The fourth-order valence-electron chi connectivity index (χ4n) is 5.96. The van der Waals surface area contributed by atoms with Gasteiger partial charge in [0.25, 0.3) is 0 Å². The van der Waals surface area contributed by atoms with E-state index in [9.17, 15) is 0 Å². The summed E-state index contributed by atoms with van der Waals surface area (Å²) in [6, 6.07) is 40.7. The highest BCUT2D eigenvalue weighted by Crippen LogP contribution is 2.43. The van der Waals surface area contributed by atoms with Crippen LogP contribution in [-0.4, -0.2) is 0 Å². The number of fused-ring (bicyclic) bond motifs is 4. The van der Waals surface area contributed by atoms with Crippen molar-refractivity contribution in [2.75, 3.05) is 16.0 Å². The summed E-state index contributed by atoms with van der Waals surface area (Å²) in [4.78, 5) is 0. The van der Waals surface area contributed by atoms with Crippen LogP contribution in [0.4, 0.5) is 17.1 Å². The third-order valence-corrected chi connectivity index (χ3v) is 8.18. The normalized spacial score (nSPS) is 19.6. The minimum atomic E-state index is -0.158. The standard InChI is InChI=1S/C37H29N3O/c1-3-7-25(8-4-1)31-20-17-27-15-16-28-18-21-32(39-36(28)35(27)38-31)26-13-11-24(12-14-26)30-19-22-34-33(23-30)40-37(41-34)29-9-5-2-6-10-29/h1-23,31-32,37-40H. The molecule has 3 N–H and O–H groups in total. The molecule has 0 saturated carbocycles. The lowest BCUT2D eigenvalue weighted by Crippen LogP contribution is -2.18. The van der Waals surface area contributed by atoms with Gasteiger partial charge in [0.15, 0.2) is 6.23 Å². The maximum Gasteiger partial charge on any atom is 0.196 e. The van der Waals surface area contributed by atoms with Gasteiger partial charge in [-0.05, 0) is 45.5 Å². The highest BCUT2D eigenvalue weighted by molar-refractivity contribution is 5.90. The van der Waals surface area contributed by atoms with Gasteiger partial charge in [0.05, 0.1) is 29.1 Å². The zero-order chi connectivity index (χ0) is 27.2. The molecule has 0 spiro atoms. The van der Waals surface area contributed by atoms with Gasteiger partial charge in [0.2, 0.25) is 0 Å². The highest BCUT2D eigenvalue weighted by Gasteiger charge is 2.25. The first kappa shape index (κ1) is 23.6. The topological polar surface area (TPSA) is 45.3 Å². The minimum Gasteiger partial charge on any atom is -0.464 e. The van der Waals surface area contributed by atoms with Crippen LogP contribution in [0.15, 0.2) is 127 Å². The predicted octanol–water partition coefficient (Wildman–Crippen LogP) is 9.22. The maximum absolute atomic E-state index is 6.15. The number of rotatable bonds is 4. The van der Waals surface area contributed by atoms with Crippen LogP contribution in [-0.2, 0) is 0 Å². The molecule has 4 nitrogen and oxygen atoms in total. The van der Waals surface area contributed by atoms with E-state index >= 15 is 0 Å². The molecule has 0 amide bonds. The Hall–Kier alpha value is -5.22. The molecule has 5 aromatic rings. The fourth-order valence-corrected chi connectivity index (χ4v) is 5.96. The molecule has 4 heteroatoms. The quantitative estimate of drug-likeness (QED) is 0.216. The molecule has 3 aliphatic heterocycles. The molecule has 198 valence electrons. The van der Waals surface area contributed by atoms with Crippen molar-refractivity contribution in [2.24, 2.45) is 0 Å². The van der Waals surface area contributed by atoms with Gasteiger partial charge in [0, 0.05) is 5.56 Å². The Morgan fingerprint density at radius 3 is 1.68 bits per heavy atom. The van der Waals surface area contributed by atoms with Crippen LogP contribution in [0.2, 0.25) is 0 Å². The summed E-state index contributed by atoms with van der Waals surface area (Å²) in [6.07, 6.45) is 8.79. The lowest BCUT2D eigenvalue weighted by Gasteiger charge is -2.30. The van der Waals surface area contributed by atoms with E-state index in [0.29, 0.717) is 0 Å². The monoisotopic (exact) mass is 531 g/mol. The number of nitrogens with one attached hydrogen (secondary N) is 3. The summed E-state index contributed by atoms with van der Waals surface area (Å²) in [6.45, 7) is 0. The van der Waals surface area contributed by atoms with Crippen LogP contribution in [0, 0.1) is 0 Å². The van der Waals surface area contributed by atoms with E-state index in [-0.39, 0.29) is 18.3 Å². The van der Waals surface area contributed by atoms with Crippen molar-refractivity contribution in [2.45, 2.75) is 18.3 Å². The third kappa shape index (κ3) is 4.34. The first-order chi connectivity index (χ1) is 20.3. The molecule has 0 aromatic heterocycles. The first-order valence-corrected chi connectivity index (χ1v) is 14.1. The van der Waals surface area contributed by atoms with Crippen LogP contribution in [0.1, 0.15) is 46.1 Å². The lowest BCUT2D eigenvalue weighted by atomic mass is 9.93. The average Bonchev–Trinajstić information content (AvgIpc) is 3.49. The second-order valence-corrected chi connectivity index (χ2v) is 10.8. The molecule has 3 aliphatic rings. The largest absolute Gasteiger partial charge is 0.464 e. The fraction of sp³-hybridized carbons (Fsp3) is 0.0811. The average molecular weight is 532 g/mol. The lowest BCUT2D eigenvalue weighted by molar-refractivity contribution is 0.260. The number of benzene rings is 5. The van der Waals surface area contributed by atoms with Crippen LogP contribution < -0.4 is 20.7 Å². The molecule has 3 unspecified atom stereocenters. The Balaban J connectivity index is 1.02. The Labute approximate surface area is 240 Å². The number of ether oxygens (including phenoxy) is 1. The molecule has 8 rings (SSSR count). The zero-order valence-electron chi connectivity index (χ0n) is 22.4. The van der Waals surface area contributed by atoms with Gasteiger partial charge >= 0.3 is 0 Å². The maximum atomic E-state index is 6.15. The van der Waals surface area contributed by atoms with Crippen molar-refractivity contribution in [1.82, 2.24) is 0 Å². The Morgan fingerprint density at radius 1 is 0.488 bits per heavy atom. The van der Waals surface area contributed by atoms with Gasteiger partial charge in [-0.25, -0.2) is 0 Å². The molecule has 3 atom stereocenters. The van der Waals surface area contributed by atoms with Crippen LogP contribution in [0.5, 0.6) is 5.75 Å². The molecule has 3 heterocycles. The molecular weight excluding hydrogens is 502 g/mol. The molecule has 0 aliphatic carbocycles. The van der Waals surface area contributed by atoms with E-state index in [1.807, 2.05) is 18.2 Å². The molecule has 5 aromatic carbocycles. The van der Waals surface area contributed by atoms with Gasteiger partial charge in [-0.2, -0.15) is 0 Å². The minimum absolute atomic E-state index is 0.0904. The third-order valence-electron chi connectivity index (χ3n) is 8.18. The summed E-state index contributed by atoms with van der Waals surface area (Å²) in [5.41, 5.74) is 11.7. The SMILES string of the molecule is C1=CC(c2ccccc2)Nc2c1ccc1c2NC(c2ccc(-c3ccc4c(c3)NC(c3ccccc3)O4)cc2)C=C1. The van der Waals surface area contributed by atoms with Crippen LogP contribution in [0.3, 0.4) is 0 Å². The molecule has 0 radical (unpaired) electrons. The second-order valence-electron chi connectivity index (χ2n) is 10.8. The van der Waals surface area contributed by atoms with Gasteiger partial charge in [0.1, 0.15) is 5.75 Å². The van der Waals surface area contributed by atoms with Crippen molar-refractivity contribution in [3.05, 3.63) is 155 Å². The first-order valence-electron chi connectivity index (χ1n) is 14.1. The molecule has 0 saturated heterocycles. The van der Waals surface area contributed by atoms with E-state index in [0.717, 1.165) is 33.9 Å². The predicted molar refractivity (Wildman–Crippen MR) is 169 cm³/mol. The summed E-state index contributed by atoms with van der Waals surface area (Å²) in [5, 5.41) is 11.1. The van der Waals surface area contributed by atoms with Crippen LogP contribution >= 0.6 is 0 Å². The van der Waals surface area contributed by atoms with Crippen molar-refractivity contribution in [3.63, 3.8) is 0 Å². The van der Waals surface area contributed by atoms with E-state index in [2.05, 4.69) is 137 Å². The van der Waals surface area contributed by atoms with Crippen molar-refractivity contribution >= 4 is 29.2 Å². The van der Waals surface area contributed by atoms with Crippen molar-refractivity contribution < 1.29 is 4.74 Å².